The van der Waals surface area contributed by atoms with Gasteiger partial charge in [-0.05, 0) is 55.2 Å². The van der Waals surface area contributed by atoms with Crippen LogP contribution in [-0.2, 0) is 22.5 Å². The predicted octanol–water partition coefficient (Wildman–Crippen LogP) is 6.23. The van der Waals surface area contributed by atoms with E-state index in [2.05, 4.69) is 29.0 Å². The summed E-state index contributed by atoms with van der Waals surface area (Å²) in [5.74, 6) is -0.0440. The fourth-order valence-corrected chi connectivity index (χ4v) is 5.15. The highest BCUT2D eigenvalue weighted by molar-refractivity contribution is 6.30. The standard InChI is InChI=1S/C28H30ClN3O3/c29-24-9-4-8-23(16-24)27-25(10-5-15-30)32(31-28(27)22-6-2-1-3-7-22)17-20-11-13-21(14-12-20)18-35-19-26(33)34/h1-4,6-9,16,20-21H,5,10-14,17-19H2,(H,33,34)/t20-,21-. The number of carboxylic acid groups (broad SMARTS) is 1. The molecule has 0 bridgehead atoms. The summed E-state index contributed by atoms with van der Waals surface area (Å²) in [6.45, 7) is 1.07. The van der Waals surface area contributed by atoms with Gasteiger partial charge >= 0.3 is 5.97 Å². The highest BCUT2D eigenvalue weighted by Crippen LogP contribution is 2.38. The molecule has 4 rings (SSSR count). The number of aromatic nitrogens is 2. The second kappa shape index (κ2) is 12.0. The summed E-state index contributed by atoms with van der Waals surface area (Å²) in [4.78, 5) is 10.7. The largest absolute Gasteiger partial charge is 0.480 e. The van der Waals surface area contributed by atoms with E-state index in [0.717, 1.165) is 60.3 Å². The third-order valence-corrected chi connectivity index (χ3v) is 6.90. The van der Waals surface area contributed by atoms with Gasteiger partial charge in [0.1, 0.15) is 12.3 Å². The Morgan fingerprint density at radius 1 is 1.09 bits per heavy atom. The lowest BCUT2D eigenvalue weighted by Gasteiger charge is -2.28. The van der Waals surface area contributed by atoms with Crippen molar-refractivity contribution < 1.29 is 14.6 Å². The van der Waals surface area contributed by atoms with Crippen molar-refractivity contribution >= 4 is 17.6 Å². The molecule has 1 N–H and O–H groups in total. The fraction of sp³-hybridized carbons (Fsp3) is 0.393. The van der Waals surface area contributed by atoms with E-state index in [0.29, 0.717) is 36.3 Å². The van der Waals surface area contributed by atoms with Gasteiger partial charge in [0.15, 0.2) is 0 Å². The first kappa shape index (κ1) is 25.0. The number of hydrogen-bond donors (Lipinski definition) is 1. The Labute approximate surface area is 211 Å². The second-order valence-electron chi connectivity index (χ2n) is 9.18. The lowest BCUT2D eigenvalue weighted by atomic mass is 9.82. The fourth-order valence-electron chi connectivity index (χ4n) is 4.96. The number of carbonyl (C=O) groups is 1. The molecule has 6 nitrogen and oxygen atoms in total. The number of aliphatic carboxylic acids is 1. The molecule has 0 radical (unpaired) electrons. The van der Waals surface area contributed by atoms with Crippen molar-refractivity contribution in [1.29, 1.82) is 5.26 Å². The maximum Gasteiger partial charge on any atom is 0.329 e. The number of nitriles is 1. The Bertz CT molecular complexity index is 1180. The molecule has 1 aliphatic carbocycles. The van der Waals surface area contributed by atoms with Gasteiger partial charge in [-0.2, -0.15) is 10.4 Å². The van der Waals surface area contributed by atoms with E-state index in [9.17, 15) is 10.1 Å². The molecule has 2 aromatic carbocycles. The van der Waals surface area contributed by atoms with Crippen LogP contribution in [0.4, 0.5) is 0 Å². The normalized spacial score (nSPS) is 17.7. The molecule has 1 aliphatic rings. The summed E-state index contributed by atoms with van der Waals surface area (Å²) in [5.41, 5.74) is 5.08. The molecule has 0 spiro atoms. The van der Waals surface area contributed by atoms with Gasteiger partial charge in [0.05, 0.1) is 12.7 Å². The lowest BCUT2D eigenvalue weighted by molar-refractivity contribution is -0.142. The molecule has 7 heteroatoms. The first-order chi connectivity index (χ1) is 17.0. The van der Waals surface area contributed by atoms with Crippen molar-refractivity contribution in [3.05, 3.63) is 65.3 Å². The van der Waals surface area contributed by atoms with Crippen molar-refractivity contribution in [2.45, 2.75) is 45.1 Å². The van der Waals surface area contributed by atoms with Crippen LogP contribution in [0.5, 0.6) is 0 Å². The Morgan fingerprint density at radius 3 is 2.49 bits per heavy atom. The van der Waals surface area contributed by atoms with Crippen molar-refractivity contribution in [3.8, 4) is 28.5 Å². The number of benzene rings is 2. The maximum atomic E-state index is 10.7. The Kier molecular flexibility index (Phi) is 8.57. The minimum absolute atomic E-state index is 0.232. The quantitative estimate of drug-likeness (QED) is 0.363. The molecule has 35 heavy (non-hydrogen) atoms. The minimum Gasteiger partial charge on any atom is -0.480 e. The van der Waals surface area contributed by atoms with E-state index in [-0.39, 0.29) is 6.61 Å². The van der Waals surface area contributed by atoms with Gasteiger partial charge in [-0.25, -0.2) is 4.79 Å². The number of ether oxygens (including phenoxy) is 1. The van der Waals surface area contributed by atoms with Crippen molar-refractivity contribution in [2.24, 2.45) is 11.8 Å². The minimum atomic E-state index is -0.924. The van der Waals surface area contributed by atoms with E-state index in [1.165, 1.54) is 0 Å². The highest BCUT2D eigenvalue weighted by atomic mass is 35.5. The lowest BCUT2D eigenvalue weighted by Crippen LogP contribution is -2.23. The molecule has 0 atom stereocenters. The van der Waals surface area contributed by atoms with Crippen molar-refractivity contribution in [1.82, 2.24) is 9.78 Å². The molecule has 3 aromatic rings. The van der Waals surface area contributed by atoms with E-state index >= 15 is 0 Å². The highest BCUT2D eigenvalue weighted by Gasteiger charge is 2.26. The third kappa shape index (κ3) is 6.50. The van der Waals surface area contributed by atoms with Crippen LogP contribution in [-0.4, -0.2) is 34.1 Å². The molecule has 0 unspecified atom stereocenters. The molecule has 0 amide bonds. The first-order valence-electron chi connectivity index (χ1n) is 12.1. The second-order valence-corrected chi connectivity index (χ2v) is 9.62. The number of halogens is 1. The number of rotatable bonds is 10. The summed E-state index contributed by atoms with van der Waals surface area (Å²) in [7, 11) is 0. The van der Waals surface area contributed by atoms with Gasteiger partial charge in [0.25, 0.3) is 0 Å². The SMILES string of the molecule is N#CCCc1c(-c2cccc(Cl)c2)c(-c2ccccc2)nn1C[C@H]1CC[C@H](COCC(=O)O)CC1. The van der Waals surface area contributed by atoms with Crippen LogP contribution in [0.25, 0.3) is 22.4 Å². The maximum absolute atomic E-state index is 10.7. The Balaban J connectivity index is 1.61. The summed E-state index contributed by atoms with van der Waals surface area (Å²) < 4.78 is 7.43. The number of nitrogens with zero attached hydrogens (tertiary/aromatic N) is 3. The average molecular weight is 492 g/mol. The summed E-state index contributed by atoms with van der Waals surface area (Å²) in [6.07, 6.45) is 5.17. The number of carboxylic acids is 1. The zero-order valence-electron chi connectivity index (χ0n) is 19.7. The van der Waals surface area contributed by atoms with Crippen molar-refractivity contribution in [2.75, 3.05) is 13.2 Å². The van der Waals surface area contributed by atoms with Gasteiger partial charge in [-0.3, -0.25) is 4.68 Å². The molecule has 182 valence electrons. The van der Waals surface area contributed by atoms with Crippen LogP contribution in [0.3, 0.4) is 0 Å². The third-order valence-electron chi connectivity index (χ3n) is 6.67. The van der Waals surface area contributed by atoms with Crippen LogP contribution in [0, 0.1) is 23.2 Å². The van der Waals surface area contributed by atoms with Crippen LogP contribution in [0.2, 0.25) is 5.02 Å². The Hall–Kier alpha value is -3.14. The van der Waals surface area contributed by atoms with E-state index in [4.69, 9.17) is 26.5 Å². The molecular formula is C28H30ClN3O3. The van der Waals surface area contributed by atoms with Gasteiger partial charge < -0.3 is 9.84 Å². The van der Waals surface area contributed by atoms with Gasteiger partial charge in [-0.15, -0.1) is 0 Å². The zero-order chi connectivity index (χ0) is 24.6. The van der Waals surface area contributed by atoms with E-state index in [1.807, 2.05) is 36.4 Å². The van der Waals surface area contributed by atoms with Crippen LogP contribution in [0.1, 0.15) is 37.8 Å². The summed E-state index contributed by atoms with van der Waals surface area (Å²) in [6, 6.07) is 20.3. The molecule has 0 saturated heterocycles. The number of hydrogen-bond acceptors (Lipinski definition) is 4. The molecule has 1 saturated carbocycles. The predicted molar refractivity (Wildman–Crippen MR) is 136 cm³/mol. The first-order valence-corrected chi connectivity index (χ1v) is 12.5. The monoisotopic (exact) mass is 491 g/mol. The average Bonchev–Trinajstić information content (AvgIpc) is 3.22. The molecule has 1 heterocycles. The smallest absolute Gasteiger partial charge is 0.329 e. The molecule has 0 aliphatic heterocycles. The zero-order valence-corrected chi connectivity index (χ0v) is 20.5. The summed E-state index contributed by atoms with van der Waals surface area (Å²) in [5, 5.41) is 23.9. The van der Waals surface area contributed by atoms with Crippen LogP contribution >= 0.6 is 11.6 Å². The topological polar surface area (TPSA) is 88.1 Å². The van der Waals surface area contributed by atoms with Gasteiger partial charge in [0.2, 0.25) is 0 Å². The summed E-state index contributed by atoms with van der Waals surface area (Å²) >= 11 is 6.36. The van der Waals surface area contributed by atoms with Gasteiger partial charge in [-0.1, -0.05) is 54.1 Å². The van der Waals surface area contributed by atoms with Gasteiger partial charge in [0, 0.05) is 41.2 Å². The molecule has 1 aromatic heterocycles. The molecular weight excluding hydrogens is 462 g/mol. The van der Waals surface area contributed by atoms with E-state index < -0.39 is 5.97 Å². The van der Waals surface area contributed by atoms with Crippen LogP contribution in [0.15, 0.2) is 54.6 Å². The van der Waals surface area contributed by atoms with E-state index in [1.54, 1.807) is 0 Å². The van der Waals surface area contributed by atoms with Crippen LogP contribution < -0.4 is 0 Å². The Morgan fingerprint density at radius 2 is 1.80 bits per heavy atom. The molecule has 1 fully saturated rings. The van der Waals surface area contributed by atoms with Crippen molar-refractivity contribution in [3.63, 3.8) is 0 Å².